The van der Waals surface area contributed by atoms with Gasteiger partial charge in [0.2, 0.25) is 5.91 Å². The fourth-order valence-electron chi connectivity index (χ4n) is 4.64. The van der Waals surface area contributed by atoms with Crippen LogP contribution in [-0.2, 0) is 9.53 Å². The minimum absolute atomic E-state index is 0.0186. The van der Waals surface area contributed by atoms with Crippen LogP contribution in [0.2, 0.25) is 0 Å². The van der Waals surface area contributed by atoms with Crippen LogP contribution in [0.5, 0.6) is 0 Å². The number of piperazine rings is 1. The first-order chi connectivity index (χ1) is 11.9. The second-order valence-electron chi connectivity index (χ2n) is 8.01. The summed E-state index contributed by atoms with van der Waals surface area (Å²) in [4.78, 5) is 29.3. The maximum atomic E-state index is 12.8. The third-order valence-electron chi connectivity index (χ3n) is 6.57. The number of hydrogen-bond acceptors (Lipinski definition) is 5. The summed E-state index contributed by atoms with van der Waals surface area (Å²) in [6.07, 6.45) is 2.19. The quantitative estimate of drug-likeness (QED) is 0.735. The number of carbonyl (C=O) groups is 2. The van der Waals surface area contributed by atoms with Gasteiger partial charge in [-0.05, 0) is 44.6 Å². The van der Waals surface area contributed by atoms with Gasteiger partial charge in [-0.3, -0.25) is 14.6 Å². The number of amides is 2. The number of piperidine rings is 1. The minimum Gasteiger partial charge on any atom is -0.465 e. The second kappa shape index (κ2) is 6.10. The molecule has 2 N–H and O–H groups in total. The minimum atomic E-state index is -1.08. The van der Waals surface area contributed by atoms with Crippen LogP contribution in [0.25, 0.3) is 0 Å². The van der Waals surface area contributed by atoms with Crippen LogP contribution in [0.3, 0.4) is 0 Å². The van der Waals surface area contributed by atoms with Crippen molar-refractivity contribution < 1.29 is 24.5 Å². The molecular formula is C17H27N3O5. The van der Waals surface area contributed by atoms with Crippen LogP contribution in [-0.4, -0.2) is 94.1 Å². The zero-order valence-electron chi connectivity index (χ0n) is 14.6. The molecule has 25 heavy (non-hydrogen) atoms. The highest BCUT2D eigenvalue weighted by atomic mass is 16.5. The summed E-state index contributed by atoms with van der Waals surface area (Å²) in [5, 5.41) is 19.7. The van der Waals surface area contributed by atoms with E-state index in [-0.39, 0.29) is 30.0 Å². The molecule has 8 nitrogen and oxygen atoms in total. The number of carbonyl (C=O) groups excluding carboxylic acids is 1. The molecule has 1 aliphatic carbocycles. The van der Waals surface area contributed by atoms with E-state index in [9.17, 15) is 19.8 Å². The summed E-state index contributed by atoms with van der Waals surface area (Å²) in [6, 6.07) is -0.662. The van der Waals surface area contributed by atoms with E-state index in [1.165, 1.54) is 0 Å². The van der Waals surface area contributed by atoms with Gasteiger partial charge in [0.1, 0.15) is 6.04 Å². The van der Waals surface area contributed by atoms with Gasteiger partial charge in [-0.25, -0.2) is 4.79 Å². The molecule has 1 saturated carbocycles. The predicted octanol–water partition coefficient (Wildman–Crippen LogP) is 0.159. The number of aliphatic hydroxyl groups is 1. The summed E-state index contributed by atoms with van der Waals surface area (Å²) < 4.78 is 5.70. The molecule has 4 aliphatic rings. The number of fused-ring (bicyclic) bond motifs is 1. The van der Waals surface area contributed by atoms with Crippen LogP contribution in [0, 0.1) is 5.41 Å². The van der Waals surface area contributed by atoms with Gasteiger partial charge < -0.3 is 19.8 Å². The van der Waals surface area contributed by atoms with Gasteiger partial charge in [0, 0.05) is 19.1 Å². The van der Waals surface area contributed by atoms with Crippen LogP contribution < -0.4 is 0 Å². The van der Waals surface area contributed by atoms with Crippen molar-refractivity contribution in [2.24, 2.45) is 5.41 Å². The van der Waals surface area contributed by atoms with E-state index in [4.69, 9.17) is 4.74 Å². The Balaban J connectivity index is 1.44. The summed E-state index contributed by atoms with van der Waals surface area (Å²) in [5.41, 5.74) is 0.173. The van der Waals surface area contributed by atoms with Crippen LogP contribution in [0.15, 0.2) is 0 Å². The van der Waals surface area contributed by atoms with E-state index in [1.54, 1.807) is 11.8 Å². The van der Waals surface area contributed by atoms with Crippen molar-refractivity contribution in [3.8, 4) is 0 Å². The lowest BCUT2D eigenvalue weighted by Gasteiger charge is -2.50. The lowest BCUT2D eigenvalue weighted by molar-refractivity contribution is -0.186. The zero-order valence-corrected chi connectivity index (χ0v) is 14.6. The van der Waals surface area contributed by atoms with Gasteiger partial charge in [0.05, 0.1) is 19.3 Å². The number of rotatable bonds is 2. The van der Waals surface area contributed by atoms with E-state index >= 15 is 0 Å². The van der Waals surface area contributed by atoms with E-state index in [0.717, 1.165) is 43.7 Å². The smallest absolute Gasteiger partial charge is 0.408 e. The van der Waals surface area contributed by atoms with Gasteiger partial charge in [-0.2, -0.15) is 0 Å². The predicted molar refractivity (Wildman–Crippen MR) is 87.9 cm³/mol. The first-order valence-electron chi connectivity index (χ1n) is 9.25. The molecule has 2 amide bonds. The first-order valence-corrected chi connectivity index (χ1v) is 9.25. The lowest BCUT2D eigenvalue weighted by atomic mass is 9.90. The summed E-state index contributed by atoms with van der Waals surface area (Å²) >= 11 is 0. The number of likely N-dealkylation sites (tertiary alicyclic amines) is 1. The number of carboxylic acid groups (broad SMARTS) is 1. The van der Waals surface area contributed by atoms with E-state index in [0.29, 0.717) is 13.2 Å². The standard InChI is InChI=1S/C17H27N3O5/c1-11-15(22)20-12(2-7-25-14(20)10-19(11)16(23)24)8-18-6-5-17(3-4-17)13(21)9-18/h11-14,21H,2-10H2,1H3,(H,23,24)/t11-,12-,13+,14?/m0/s1. The summed E-state index contributed by atoms with van der Waals surface area (Å²) in [7, 11) is 0. The molecule has 3 aliphatic heterocycles. The molecule has 4 atom stereocenters. The Morgan fingerprint density at radius 1 is 1.32 bits per heavy atom. The summed E-state index contributed by atoms with van der Waals surface area (Å²) in [6.45, 7) is 4.71. The maximum absolute atomic E-state index is 12.8. The Hall–Kier alpha value is -1.38. The number of β-amino-alcohol motifs (C(OH)–C–C–N with tert-alkyl or cyclic N) is 1. The average Bonchev–Trinajstić information content (AvgIpc) is 3.35. The molecule has 1 spiro atoms. The molecule has 4 fully saturated rings. The maximum Gasteiger partial charge on any atom is 0.408 e. The van der Waals surface area contributed by atoms with Crippen molar-refractivity contribution in [2.75, 3.05) is 32.8 Å². The fraction of sp³-hybridized carbons (Fsp3) is 0.882. The second-order valence-corrected chi connectivity index (χ2v) is 8.01. The molecule has 3 saturated heterocycles. The number of nitrogens with zero attached hydrogens (tertiary/aromatic N) is 3. The average molecular weight is 353 g/mol. The molecule has 1 unspecified atom stereocenters. The molecule has 0 aromatic heterocycles. The highest BCUT2D eigenvalue weighted by molar-refractivity contribution is 5.86. The molecular weight excluding hydrogens is 326 g/mol. The van der Waals surface area contributed by atoms with Crippen LogP contribution in [0.4, 0.5) is 4.79 Å². The Kier molecular flexibility index (Phi) is 4.16. The van der Waals surface area contributed by atoms with Crippen LogP contribution in [0.1, 0.15) is 32.6 Å². The molecule has 0 bridgehead atoms. The van der Waals surface area contributed by atoms with Gasteiger partial charge in [-0.15, -0.1) is 0 Å². The largest absolute Gasteiger partial charge is 0.465 e. The number of ether oxygens (including phenoxy) is 1. The fourth-order valence-corrected chi connectivity index (χ4v) is 4.64. The highest BCUT2D eigenvalue weighted by Crippen LogP contribution is 2.53. The zero-order chi connectivity index (χ0) is 17.8. The van der Waals surface area contributed by atoms with Crippen molar-refractivity contribution >= 4 is 12.0 Å². The molecule has 3 heterocycles. The summed E-state index contributed by atoms with van der Waals surface area (Å²) in [5.74, 6) is -0.181. The van der Waals surface area contributed by atoms with Crippen LogP contribution >= 0.6 is 0 Å². The van der Waals surface area contributed by atoms with E-state index in [1.807, 2.05) is 0 Å². The Labute approximate surface area is 147 Å². The molecule has 8 heteroatoms. The van der Waals surface area contributed by atoms with Gasteiger partial charge in [-0.1, -0.05) is 0 Å². The third-order valence-corrected chi connectivity index (χ3v) is 6.57. The van der Waals surface area contributed by atoms with Crippen molar-refractivity contribution in [1.82, 2.24) is 14.7 Å². The van der Waals surface area contributed by atoms with E-state index < -0.39 is 18.4 Å². The molecule has 4 rings (SSSR count). The highest BCUT2D eigenvalue weighted by Gasteiger charge is 2.52. The SMILES string of the molecule is C[C@H]1C(=O)N2C(CN1C(=O)O)OCC[C@H]2CN1CCC2(CC2)[C@H](O)C1. The van der Waals surface area contributed by atoms with E-state index in [2.05, 4.69) is 4.90 Å². The molecule has 0 aromatic carbocycles. The van der Waals surface area contributed by atoms with Crippen molar-refractivity contribution in [3.05, 3.63) is 0 Å². The lowest BCUT2D eigenvalue weighted by Crippen LogP contribution is -2.68. The number of hydrogen-bond donors (Lipinski definition) is 2. The normalized spacial score (nSPS) is 37.9. The number of aliphatic hydroxyl groups excluding tert-OH is 1. The Morgan fingerprint density at radius 3 is 2.72 bits per heavy atom. The molecule has 0 radical (unpaired) electrons. The monoisotopic (exact) mass is 353 g/mol. The Bertz CT molecular complexity index is 566. The van der Waals surface area contributed by atoms with Crippen molar-refractivity contribution in [1.29, 1.82) is 0 Å². The van der Waals surface area contributed by atoms with Gasteiger partial charge in [0.25, 0.3) is 0 Å². The molecule has 140 valence electrons. The Morgan fingerprint density at radius 2 is 2.08 bits per heavy atom. The third kappa shape index (κ3) is 2.90. The van der Waals surface area contributed by atoms with Gasteiger partial charge >= 0.3 is 6.09 Å². The van der Waals surface area contributed by atoms with Gasteiger partial charge in [0.15, 0.2) is 6.23 Å². The van der Waals surface area contributed by atoms with Crippen molar-refractivity contribution in [3.63, 3.8) is 0 Å². The van der Waals surface area contributed by atoms with Crippen molar-refractivity contribution in [2.45, 2.75) is 57.0 Å². The molecule has 0 aromatic rings. The topological polar surface area (TPSA) is 93.6 Å². The first kappa shape index (κ1) is 17.1.